The van der Waals surface area contributed by atoms with E-state index in [9.17, 15) is 0 Å². The van der Waals surface area contributed by atoms with E-state index >= 15 is 0 Å². The number of anilines is 3. The molecule has 0 saturated carbocycles. The van der Waals surface area contributed by atoms with E-state index in [1.54, 1.807) is 0 Å². The van der Waals surface area contributed by atoms with Gasteiger partial charge in [0.25, 0.3) is 0 Å². The van der Waals surface area contributed by atoms with Gasteiger partial charge in [0.2, 0.25) is 0 Å². The fraction of sp³-hybridized carbons (Fsp3) is 0.114. The fourth-order valence-corrected chi connectivity index (χ4v) is 10.0. The molecular weight excluding hydrogens is 911 g/mol. The molecule has 3 heterocycles. The third-order valence-electron chi connectivity index (χ3n) is 14.1. The maximum atomic E-state index is 4.75. The number of benzene rings is 8. The predicted octanol–water partition coefficient (Wildman–Crippen LogP) is 17.6. The number of rotatable bonds is 15. The van der Waals surface area contributed by atoms with Crippen LogP contribution in [0.5, 0.6) is 0 Å². The zero-order valence-corrected chi connectivity index (χ0v) is 42.8. The Bertz CT molecular complexity index is 3540. The smallest absolute Gasteiger partial charge is 0.159 e. The Morgan fingerprint density at radius 2 is 0.853 bits per heavy atom. The number of hydrogen-bond acceptors (Lipinski definition) is 5. The van der Waals surface area contributed by atoms with Gasteiger partial charge in [0, 0.05) is 58.4 Å². The molecular formula is C70H59N5. The summed E-state index contributed by atoms with van der Waals surface area (Å²) in [7, 11) is 0. The molecule has 5 heteroatoms. The molecule has 8 aromatic carbocycles. The van der Waals surface area contributed by atoms with Crippen molar-refractivity contribution in [2.24, 2.45) is 0 Å². The Labute approximate surface area is 442 Å². The van der Waals surface area contributed by atoms with Gasteiger partial charge in [0.05, 0.1) is 17.1 Å². The molecule has 3 aromatic heterocycles. The van der Waals surface area contributed by atoms with Gasteiger partial charge in [-0.25, -0.2) is 9.97 Å². The second-order valence-electron chi connectivity index (χ2n) is 20.3. The first-order valence-electron chi connectivity index (χ1n) is 26.0. The van der Waals surface area contributed by atoms with E-state index in [0.29, 0.717) is 5.82 Å². The van der Waals surface area contributed by atoms with Gasteiger partial charge in [-0.2, -0.15) is 0 Å². The summed E-state index contributed by atoms with van der Waals surface area (Å²) in [6.45, 7) is 6.80. The van der Waals surface area contributed by atoms with Crippen molar-refractivity contribution in [1.82, 2.24) is 19.9 Å². The van der Waals surface area contributed by atoms with Crippen molar-refractivity contribution in [3.63, 3.8) is 0 Å². The minimum Gasteiger partial charge on any atom is -0.310 e. The molecule has 0 saturated heterocycles. The zero-order valence-electron chi connectivity index (χ0n) is 42.8. The summed E-state index contributed by atoms with van der Waals surface area (Å²) < 4.78 is 0. The van der Waals surface area contributed by atoms with E-state index in [1.165, 1.54) is 38.9 Å². The highest BCUT2D eigenvalue weighted by molar-refractivity contribution is 5.96. The average molecular weight is 970 g/mol. The molecule has 0 atom stereocenters. The highest BCUT2D eigenvalue weighted by Crippen LogP contribution is 2.46. The topological polar surface area (TPSA) is 54.8 Å². The molecule has 0 aliphatic rings. The Kier molecular flexibility index (Phi) is 14.1. The summed E-state index contributed by atoms with van der Waals surface area (Å²) in [5.41, 5.74) is 21.7. The van der Waals surface area contributed by atoms with Crippen LogP contribution in [0.1, 0.15) is 48.6 Å². The van der Waals surface area contributed by atoms with E-state index in [0.717, 1.165) is 93.1 Å². The predicted molar refractivity (Wildman–Crippen MR) is 311 cm³/mol. The highest BCUT2D eigenvalue weighted by atomic mass is 15.1. The van der Waals surface area contributed by atoms with Gasteiger partial charge in [-0.15, -0.1) is 0 Å². The van der Waals surface area contributed by atoms with E-state index in [4.69, 9.17) is 9.97 Å². The fourth-order valence-electron chi connectivity index (χ4n) is 10.0. The van der Waals surface area contributed by atoms with Crippen LogP contribution in [0.4, 0.5) is 17.1 Å². The summed E-state index contributed by atoms with van der Waals surface area (Å²) in [5.74, 6) is 0.676. The molecule has 0 radical (unpaired) electrons. The van der Waals surface area contributed by atoms with Crippen LogP contribution in [0, 0.1) is 0 Å². The Morgan fingerprint density at radius 1 is 0.320 bits per heavy atom. The first-order valence-corrected chi connectivity index (χ1v) is 26.0. The minimum absolute atomic E-state index is 0.00589. The quantitative estimate of drug-likeness (QED) is 0.102. The molecule has 11 rings (SSSR count). The van der Waals surface area contributed by atoms with Gasteiger partial charge in [-0.3, -0.25) is 9.97 Å². The van der Waals surface area contributed by atoms with Gasteiger partial charge in [0.15, 0.2) is 5.82 Å². The van der Waals surface area contributed by atoms with Crippen LogP contribution in [0.3, 0.4) is 0 Å². The van der Waals surface area contributed by atoms with Crippen LogP contribution in [0.25, 0.3) is 67.3 Å². The van der Waals surface area contributed by atoms with E-state index in [1.807, 2.05) is 55.1 Å². The second kappa shape index (κ2) is 22.0. The molecule has 0 unspecified atom stereocenters. The van der Waals surface area contributed by atoms with Crippen molar-refractivity contribution in [2.45, 2.75) is 51.9 Å². The molecule has 75 heavy (non-hydrogen) atoms. The number of nitrogens with zero attached hydrogens (tertiary/aromatic N) is 5. The normalized spacial score (nSPS) is 11.3. The van der Waals surface area contributed by atoms with Crippen LogP contribution < -0.4 is 4.90 Å². The molecule has 0 N–H and O–H groups in total. The van der Waals surface area contributed by atoms with Gasteiger partial charge >= 0.3 is 0 Å². The Hall–Kier alpha value is -9.06. The highest BCUT2D eigenvalue weighted by Gasteiger charge is 2.23. The van der Waals surface area contributed by atoms with Crippen molar-refractivity contribution >= 4 is 17.1 Å². The van der Waals surface area contributed by atoms with Crippen molar-refractivity contribution in [2.75, 3.05) is 4.90 Å². The zero-order chi connectivity index (χ0) is 51.0. The lowest BCUT2D eigenvalue weighted by Gasteiger charge is -2.30. The lowest BCUT2D eigenvalue weighted by molar-refractivity contribution is 0.590. The largest absolute Gasteiger partial charge is 0.310 e. The van der Waals surface area contributed by atoms with Gasteiger partial charge in [-0.05, 0) is 147 Å². The molecule has 0 fully saturated rings. The SMILES string of the molecule is CC(C)(C)c1ccc(N(c2cccc(-c3ccccc3)c2)c2cc(-c3ncccn3)ccc2-c2ccccc2-c2cc(CCc3ccc(-c4ccccn4)cc3)cc(CCc3ccc(-c4ccccn4)cc3)c2)cc1. The lowest BCUT2D eigenvalue weighted by Crippen LogP contribution is -2.14. The molecule has 0 amide bonds. The molecule has 0 spiro atoms. The molecule has 5 nitrogen and oxygen atoms in total. The monoisotopic (exact) mass is 969 g/mol. The van der Waals surface area contributed by atoms with Gasteiger partial charge in [0.1, 0.15) is 0 Å². The third-order valence-corrected chi connectivity index (χ3v) is 14.1. The Morgan fingerprint density at radius 3 is 1.44 bits per heavy atom. The van der Waals surface area contributed by atoms with E-state index in [-0.39, 0.29) is 5.41 Å². The maximum absolute atomic E-state index is 4.75. The lowest BCUT2D eigenvalue weighted by atomic mass is 9.87. The van der Waals surface area contributed by atoms with Crippen LogP contribution in [-0.2, 0) is 31.1 Å². The summed E-state index contributed by atoms with van der Waals surface area (Å²) in [5, 5.41) is 0. The molecule has 11 aromatic rings. The van der Waals surface area contributed by atoms with Crippen LogP contribution in [0.15, 0.2) is 255 Å². The summed E-state index contributed by atoms with van der Waals surface area (Å²) in [6.07, 6.45) is 11.0. The standard InChI is InChI=1S/C70H59N5/c1-70(2,3)60-36-38-61(39-37-60)75(62-18-13-17-57(48-62)54-15-5-4-6-16-54)68-49-58(69-73-43-14-44-74-69)35-40-65(68)64-20-8-7-19-63(64)59-46-52(25-23-50-27-31-55(32-28-50)66-21-9-11-41-71-66)45-53(47-59)26-24-51-29-33-56(34-30-51)67-22-10-12-42-72-67/h4-22,27-49H,23-26H2,1-3H3. The van der Waals surface area contributed by atoms with Gasteiger partial charge < -0.3 is 4.90 Å². The molecule has 0 aliphatic carbocycles. The van der Waals surface area contributed by atoms with E-state index in [2.05, 4.69) is 236 Å². The average Bonchev–Trinajstić information content (AvgIpc) is 3.47. The number of aryl methyl sites for hydroxylation is 4. The molecule has 0 bridgehead atoms. The van der Waals surface area contributed by atoms with Gasteiger partial charge in [-0.1, -0.05) is 191 Å². The third kappa shape index (κ3) is 11.3. The number of hydrogen-bond donors (Lipinski definition) is 0. The van der Waals surface area contributed by atoms with Crippen molar-refractivity contribution in [3.05, 3.63) is 283 Å². The van der Waals surface area contributed by atoms with Crippen molar-refractivity contribution < 1.29 is 0 Å². The van der Waals surface area contributed by atoms with Crippen LogP contribution in [-0.4, -0.2) is 19.9 Å². The first-order chi connectivity index (χ1) is 36.8. The van der Waals surface area contributed by atoms with E-state index < -0.39 is 0 Å². The Balaban J connectivity index is 1.02. The maximum Gasteiger partial charge on any atom is 0.159 e. The summed E-state index contributed by atoms with van der Waals surface area (Å²) in [4.78, 5) is 21.1. The van der Waals surface area contributed by atoms with Crippen molar-refractivity contribution in [1.29, 1.82) is 0 Å². The minimum atomic E-state index is -0.00589. The first kappa shape index (κ1) is 48.2. The second-order valence-corrected chi connectivity index (χ2v) is 20.3. The van der Waals surface area contributed by atoms with Crippen LogP contribution in [0.2, 0.25) is 0 Å². The molecule has 364 valence electrons. The van der Waals surface area contributed by atoms with Crippen LogP contribution >= 0.6 is 0 Å². The number of aromatic nitrogens is 4. The van der Waals surface area contributed by atoms with Crippen molar-refractivity contribution in [3.8, 4) is 67.3 Å². The molecule has 0 aliphatic heterocycles. The number of pyridine rings is 2. The summed E-state index contributed by atoms with van der Waals surface area (Å²) in [6, 6.07) is 83.3. The summed E-state index contributed by atoms with van der Waals surface area (Å²) >= 11 is 0.